The van der Waals surface area contributed by atoms with Crippen molar-refractivity contribution in [2.45, 2.75) is 32.1 Å². The fourth-order valence-corrected chi connectivity index (χ4v) is 3.27. The van der Waals surface area contributed by atoms with E-state index < -0.39 is 5.92 Å². The van der Waals surface area contributed by atoms with Gasteiger partial charge < -0.3 is 9.64 Å². The van der Waals surface area contributed by atoms with E-state index in [0.717, 1.165) is 41.8 Å². The van der Waals surface area contributed by atoms with E-state index in [1.807, 2.05) is 43.3 Å². The van der Waals surface area contributed by atoms with Gasteiger partial charge in [0.2, 0.25) is 11.8 Å². The zero-order valence-corrected chi connectivity index (χ0v) is 14.8. The highest BCUT2D eigenvalue weighted by Crippen LogP contribution is 2.43. The van der Waals surface area contributed by atoms with Gasteiger partial charge in [0.25, 0.3) is 0 Å². The molecule has 0 saturated heterocycles. The highest BCUT2D eigenvalue weighted by Gasteiger charge is 2.40. The second-order valence-electron chi connectivity index (χ2n) is 6.56. The number of nitrogens with one attached hydrogen (secondary N) is 2. The first-order chi connectivity index (χ1) is 12.1. The molecule has 1 aromatic carbocycles. The van der Waals surface area contributed by atoms with E-state index in [4.69, 9.17) is 10.1 Å². The summed E-state index contributed by atoms with van der Waals surface area (Å²) in [4.78, 5) is 2.04. The number of hydrogen-bond donors (Lipinski definition) is 2. The van der Waals surface area contributed by atoms with Crippen molar-refractivity contribution < 1.29 is 4.74 Å². The number of anilines is 1. The minimum absolute atomic E-state index is 0.0368. The summed E-state index contributed by atoms with van der Waals surface area (Å²) in [5.41, 5.74) is 4.03. The van der Waals surface area contributed by atoms with Crippen molar-refractivity contribution in [2.75, 3.05) is 19.0 Å². The van der Waals surface area contributed by atoms with Gasteiger partial charge in [-0.3, -0.25) is 10.5 Å². The number of nitrogens with zero attached hydrogens (tertiary/aromatic N) is 3. The minimum atomic E-state index is -0.643. The van der Waals surface area contributed by atoms with Crippen LogP contribution >= 0.6 is 0 Å². The molecule has 2 atom stereocenters. The number of H-pyrrole nitrogens is 1. The number of aromatic nitrogens is 2. The maximum Gasteiger partial charge on any atom is 0.243 e. The van der Waals surface area contributed by atoms with Crippen LogP contribution in [0.15, 0.2) is 24.3 Å². The number of unbranched alkanes of at least 4 members (excludes halogenated alkanes) is 1. The van der Waals surface area contributed by atoms with Crippen LogP contribution in [0.1, 0.15) is 42.5 Å². The van der Waals surface area contributed by atoms with E-state index in [2.05, 4.69) is 23.2 Å². The van der Waals surface area contributed by atoms with Gasteiger partial charge in [0, 0.05) is 37.0 Å². The first-order valence-electron chi connectivity index (χ1n) is 8.57. The predicted octanol–water partition coefficient (Wildman–Crippen LogP) is 3.46. The smallest absolute Gasteiger partial charge is 0.243 e. The van der Waals surface area contributed by atoms with E-state index in [-0.39, 0.29) is 11.8 Å². The fourth-order valence-electron chi connectivity index (χ4n) is 3.27. The Labute approximate surface area is 147 Å². The van der Waals surface area contributed by atoms with E-state index in [0.29, 0.717) is 5.88 Å². The van der Waals surface area contributed by atoms with Gasteiger partial charge in [0.15, 0.2) is 0 Å². The van der Waals surface area contributed by atoms with Crippen molar-refractivity contribution in [1.29, 1.82) is 10.7 Å². The molecule has 130 valence electrons. The summed E-state index contributed by atoms with van der Waals surface area (Å²) in [6.45, 7) is 2.14. The van der Waals surface area contributed by atoms with Crippen LogP contribution in [0.5, 0.6) is 5.88 Å². The molecule has 6 nitrogen and oxygen atoms in total. The Kier molecular flexibility index (Phi) is 4.75. The number of nitriles is 1. The Morgan fingerprint density at radius 1 is 1.32 bits per heavy atom. The molecule has 1 aliphatic rings. The van der Waals surface area contributed by atoms with Crippen molar-refractivity contribution >= 4 is 11.6 Å². The van der Waals surface area contributed by atoms with Crippen molar-refractivity contribution in [3.63, 3.8) is 0 Å². The van der Waals surface area contributed by atoms with Crippen molar-refractivity contribution in [1.82, 2.24) is 10.2 Å². The lowest BCUT2D eigenvalue weighted by atomic mass is 9.79. The fraction of sp³-hybridized carbons (Fsp3) is 0.421. The number of fused-ring (bicyclic) bond motifs is 1. The largest absolute Gasteiger partial charge is 0.422 e. The number of rotatable bonds is 5. The summed E-state index contributed by atoms with van der Waals surface area (Å²) in [6, 6.07) is 10.4. The Morgan fingerprint density at radius 2 is 2.04 bits per heavy atom. The number of hydrogen-bond acceptors (Lipinski definition) is 5. The topological polar surface area (TPSA) is 88.8 Å². The molecule has 2 unspecified atom stereocenters. The normalized spacial score (nSPS) is 19.0. The van der Waals surface area contributed by atoms with E-state index in [1.54, 1.807) is 0 Å². The van der Waals surface area contributed by atoms with Gasteiger partial charge in [-0.25, -0.2) is 0 Å². The average Bonchev–Trinajstić information content (AvgIpc) is 3.01. The highest BCUT2D eigenvalue weighted by molar-refractivity contribution is 5.84. The molecule has 1 aromatic heterocycles. The van der Waals surface area contributed by atoms with Crippen LogP contribution < -0.4 is 9.64 Å². The maximum atomic E-state index is 9.66. The van der Waals surface area contributed by atoms with Gasteiger partial charge >= 0.3 is 0 Å². The summed E-state index contributed by atoms with van der Waals surface area (Å²) in [5.74, 6) is -0.478. The number of benzene rings is 1. The Hall–Kier alpha value is -2.81. The molecular formula is C19H23N5O. The first-order valence-corrected chi connectivity index (χ1v) is 8.57. The van der Waals surface area contributed by atoms with E-state index in [9.17, 15) is 5.26 Å². The van der Waals surface area contributed by atoms with Crippen LogP contribution in [0.4, 0.5) is 5.69 Å². The van der Waals surface area contributed by atoms with E-state index in [1.165, 1.54) is 0 Å². The first kappa shape index (κ1) is 17.0. The van der Waals surface area contributed by atoms with Crippen LogP contribution in [0.25, 0.3) is 0 Å². The second kappa shape index (κ2) is 6.98. The average molecular weight is 337 g/mol. The third-order valence-corrected chi connectivity index (χ3v) is 4.67. The highest BCUT2D eigenvalue weighted by atomic mass is 16.5. The van der Waals surface area contributed by atoms with Gasteiger partial charge in [-0.05, 0) is 30.5 Å². The molecule has 0 spiro atoms. The molecule has 25 heavy (non-hydrogen) atoms. The zero-order chi connectivity index (χ0) is 18.0. The lowest BCUT2D eigenvalue weighted by Gasteiger charge is -2.28. The molecule has 1 aliphatic heterocycles. The molecule has 0 bridgehead atoms. The van der Waals surface area contributed by atoms with Gasteiger partial charge in [-0.1, -0.05) is 25.5 Å². The molecular weight excluding hydrogens is 314 g/mol. The van der Waals surface area contributed by atoms with Crippen LogP contribution in [-0.4, -0.2) is 30.2 Å². The Bertz CT molecular complexity index is 800. The minimum Gasteiger partial charge on any atom is -0.422 e. The summed E-state index contributed by atoms with van der Waals surface area (Å²) >= 11 is 0. The number of aromatic amines is 1. The molecule has 6 heteroatoms. The van der Waals surface area contributed by atoms with Gasteiger partial charge in [0.1, 0.15) is 5.92 Å². The molecule has 2 aromatic rings. The van der Waals surface area contributed by atoms with Gasteiger partial charge in [0.05, 0.1) is 6.07 Å². The third-order valence-electron chi connectivity index (χ3n) is 4.67. The quantitative estimate of drug-likeness (QED) is 0.874. The molecule has 2 N–H and O–H groups in total. The zero-order valence-electron chi connectivity index (χ0n) is 14.8. The van der Waals surface area contributed by atoms with Crippen LogP contribution in [0.3, 0.4) is 0 Å². The SMILES string of the molecule is CCCCc1[nH]nc2c1C(c1ccc(N(C)C)cc1)C(C#N)C(=N)O2. The van der Waals surface area contributed by atoms with Gasteiger partial charge in [-0.2, -0.15) is 5.26 Å². The molecule has 0 aliphatic carbocycles. The monoisotopic (exact) mass is 337 g/mol. The lowest BCUT2D eigenvalue weighted by molar-refractivity contribution is 0.436. The lowest BCUT2D eigenvalue weighted by Crippen LogP contribution is -2.31. The molecule has 2 heterocycles. The molecule has 0 saturated carbocycles. The Balaban J connectivity index is 2.07. The molecule has 0 radical (unpaired) electrons. The van der Waals surface area contributed by atoms with Crippen LogP contribution in [-0.2, 0) is 6.42 Å². The summed E-state index contributed by atoms with van der Waals surface area (Å²) < 4.78 is 5.52. The summed E-state index contributed by atoms with van der Waals surface area (Å²) in [6.07, 6.45) is 2.98. The third kappa shape index (κ3) is 3.10. The second-order valence-corrected chi connectivity index (χ2v) is 6.56. The standard InChI is InChI=1S/C19H23N5O/c1-4-5-6-15-17-16(12-7-9-13(10-8-12)24(2)3)14(11-20)18(21)25-19(17)23-22-15/h7-10,14,16,21H,4-6H2,1-3H3,(H,22,23). The van der Waals surface area contributed by atoms with Crippen LogP contribution in [0.2, 0.25) is 0 Å². The van der Waals surface area contributed by atoms with Crippen LogP contribution in [0, 0.1) is 22.7 Å². The van der Waals surface area contributed by atoms with Crippen molar-refractivity contribution in [3.05, 3.63) is 41.1 Å². The van der Waals surface area contributed by atoms with E-state index >= 15 is 0 Å². The summed E-state index contributed by atoms with van der Waals surface area (Å²) in [7, 11) is 3.99. The summed E-state index contributed by atoms with van der Waals surface area (Å²) in [5, 5.41) is 25.1. The molecule has 0 amide bonds. The Morgan fingerprint density at radius 3 is 2.64 bits per heavy atom. The molecule has 3 rings (SSSR count). The number of ether oxygens (including phenoxy) is 1. The maximum absolute atomic E-state index is 9.66. The predicted molar refractivity (Wildman–Crippen MR) is 97.3 cm³/mol. The molecule has 0 fully saturated rings. The van der Waals surface area contributed by atoms with Gasteiger partial charge in [-0.15, -0.1) is 5.10 Å². The number of aryl methyl sites for hydroxylation is 1. The van der Waals surface area contributed by atoms with Crippen molar-refractivity contribution in [3.8, 4) is 11.9 Å². The van der Waals surface area contributed by atoms with Crippen molar-refractivity contribution in [2.24, 2.45) is 5.92 Å².